The Morgan fingerprint density at radius 2 is 2.15 bits per heavy atom. The predicted octanol–water partition coefficient (Wildman–Crippen LogP) is 3.01. The number of benzene rings is 1. The van der Waals surface area contributed by atoms with E-state index in [9.17, 15) is 9.18 Å². The van der Waals surface area contributed by atoms with Crippen molar-refractivity contribution in [3.05, 3.63) is 48.0 Å². The highest BCUT2D eigenvalue weighted by Crippen LogP contribution is 2.35. The van der Waals surface area contributed by atoms with Crippen molar-refractivity contribution in [3.8, 4) is 16.9 Å². The number of pyridine rings is 1. The highest BCUT2D eigenvalue weighted by Gasteiger charge is 2.25. The van der Waals surface area contributed by atoms with Crippen molar-refractivity contribution in [1.29, 1.82) is 0 Å². The van der Waals surface area contributed by atoms with Crippen molar-refractivity contribution in [1.82, 2.24) is 14.7 Å². The van der Waals surface area contributed by atoms with Crippen LogP contribution in [0.5, 0.6) is 5.75 Å². The lowest BCUT2D eigenvalue weighted by molar-refractivity contribution is 0.0913. The summed E-state index contributed by atoms with van der Waals surface area (Å²) in [5.74, 6) is -0.115. The van der Waals surface area contributed by atoms with E-state index < -0.39 is 5.82 Å². The van der Waals surface area contributed by atoms with Crippen LogP contribution in [-0.4, -0.2) is 28.4 Å². The van der Waals surface area contributed by atoms with Crippen LogP contribution in [0, 0.1) is 5.82 Å². The van der Waals surface area contributed by atoms with E-state index in [2.05, 4.69) is 10.3 Å². The summed E-state index contributed by atoms with van der Waals surface area (Å²) in [7, 11) is 1.48. The number of rotatable bonds is 4. The highest BCUT2D eigenvalue weighted by molar-refractivity contribution is 5.99. The van der Waals surface area contributed by atoms with Gasteiger partial charge in [-0.2, -0.15) is 0 Å². The van der Waals surface area contributed by atoms with E-state index in [1.165, 1.54) is 13.2 Å². The van der Waals surface area contributed by atoms with E-state index in [0.717, 1.165) is 19.3 Å². The number of carbonyl (C=O) groups excluding carboxylic acids is 1. The topological polar surface area (TPSA) is 81.6 Å². The molecule has 0 aliphatic heterocycles. The fraction of sp³-hybridized carbons (Fsp3) is 0.263. The number of hydrogen-bond donors (Lipinski definition) is 2. The number of aromatic nitrogens is 2. The first-order chi connectivity index (χ1) is 12.6. The number of nitrogen functional groups attached to an aromatic ring is 1. The SMILES string of the molecule is COc1cccc(F)c1-c1cccn2c(N)c(C(=O)NC3CCC3)nc12. The van der Waals surface area contributed by atoms with Crippen molar-refractivity contribution >= 4 is 17.4 Å². The molecule has 0 radical (unpaired) electrons. The van der Waals surface area contributed by atoms with Crippen LogP contribution in [0.2, 0.25) is 0 Å². The summed E-state index contributed by atoms with van der Waals surface area (Å²) in [6, 6.07) is 8.26. The van der Waals surface area contributed by atoms with E-state index >= 15 is 0 Å². The summed E-state index contributed by atoms with van der Waals surface area (Å²) < 4.78 is 21.4. The number of nitrogens with two attached hydrogens (primary N) is 1. The fourth-order valence-electron chi connectivity index (χ4n) is 3.19. The monoisotopic (exact) mass is 354 g/mol. The van der Waals surface area contributed by atoms with Gasteiger partial charge in [0.05, 0.1) is 12.7 Å². The maximum Gasteiger partial charge on any atom is 0.273 e. The number of fused-ring (bicyclic) bond motifs is 1. The van der Waals surface area contributed by atoms with Gasteiger partial charge in [0.2, 0.25) is 0 Å². The molecule has 26 heavy (non-hydrogen) atoms. The Hall–Kier alpha value is -3.09. The number of nitrogens with one attached hydrogen (secondary N) is 1. The first-order valence-corrected chi connectivity index (χ1v) is 8.50. The largest absolute Gasteiger partial charge is 0.496 e. The lowest BCUT2D eigenvalue weighted by atomic mass is 9.93. The van der Waals surface area contributed by atoms with Gasteiger partial charge in [0.25, 0.3) is 5.91 Å². The number of halogens is 1. The molecule has 6 nitrogen and oxygen atoms in total. The summed E-state index contributed by atoms with van der Waals surface area (Å²) in [5, 5.41) is 2.93. The van der Waals surface area contributed by atoms with Gasteiger partial charge in [-0.15, -0.1) is 0 Å². The van der Waals surface area contributed by atoms with Crippen molar-refractivity contribution in [2.24, 2.45) is 0 Å². The highest BCUT2D eigenvalue weighted by atomic mass is 19.1. The third-order valence-electron chi connectivity index (χ3n) is 4.81. The minimum atomic E-state index is -0.431. The van der Waals surface area contributed by atoms with Crippen LogP contribution in [0.25, 0.3) is 16.8 Å². The molecule has 7 heteroatoms. The molecule has 3 N–H and O–H groups in total. The number of hydrogen-bond acceptors (Lipinski definition) is 4. The van der Waals surface area contributed by atoms with Crippen molar-refractivity contribution in [2.45, 2.75) is 25.3 Å². The van der Waals surface area contributed by atoms with Crippen LogP contribution in [0.1, 0.15) is 29.8 Å². The lowest BCUT2D eigenvalue weighted by Crippen LogP contribution is -2.39. The molecular formula is C19H19FN4O2. The molecule has 1 aromatic carbocycles. The Morgan fingerprint density at radius 1 is 1.35 bits per heavy atom. The van der Waals surface area contributed by atoms with Gasteiger partial charge in [-0.25, -0.2) is 9.37 Å². The zero-order valence-electron chi connectivity index (χ0n) is 14.3. The molecule has 1 saturated carbocycles. The van der Waals surface area contributed by atoms with Crippen LogP contribution in [0.4, 0.5) is 10.2 Å². The Labute approximate surface area is 149 Å². The van der Waals surface area contributed by atoms with E-state index in [1.54, 1.807) is 34.9 Å². The normalized spacial score (nSPS) is 14.2. The minimum Gasteiger partial charge on any atom is -0.496 e. The molecule has 0 spiro atoms. The third kappa shape index (κ3) is 2.56. The molecular weight excluding hydrogens is 335 g/mol. The van der Waals surface area contributed by atoms with Gasteiger partial charge in [0.15, 0.2) is 5.69 Å². The number of nitrogens with zero attached hydrogens (tertiary/aromatic N) is 2. The van der Waals surface area contributed by atoms with Crippen LogP contribution < -0.4 is 15.8 Å². The summed E-state index contributed by atoms with van der Waals surface area (Å²) >= 11 is 0. The van der Waals surface area contributed by atoms with Crippen molar-refractivity contribution in [2.75, 3.05) is 12.8 Å². The average Bonchev–Trinajstić information content (AvgIpc) is 2.95. The van der Waals surface area contributed by atoms with Crippen LogP contribution in [-0.2, 0) is 0 Å². The molecule has 0 saturated heterocycles. The zero-order valence-corrected chi connectivity index (χ0v) is 14.3. The Kier molecular flexibility index (Phi) is 3.99. The average molecular weight is 354 g/mol. The number of amides is 1. The quantitative estimate of drug-likeness (QED) is 0.755. The third-order valence-corrected chi connectivity index (χ3v) is 4.81. The van der Waals surface area contributed by atoms with Gasteiger partial charge in [0, 0.05) is 17.8 Å². The molecule has 3 aromatic rings. The molecule has 1 amide bonds. The molecule has 2 heterocycles. The van der Waals surface area contributed by atoms with Gasteiger partial charge in [0.1, 0.15) is 23.0 Å². The van der Waals surface area contributed by atoms with Gasteiger partial charge in [-0.05, 0) is 43.5 Å². The Bertz CT molecular complexity index is 995. The number of anilines is 1. The van der Waals surface area contributed by atoms with Gasteiger partial charge < -0.3 is 15.8 Å². The maximum absolute atomic E-state index is 14.5. The standard InChI is InChI=1S/C19H19FN4O2/c1-26-14-9-3-8-13(20)15(14)12-7-4-10-24-17(21)16(23-18(12)24)19(25)22-11-5-2-6-11/h3-4,7-11H,2,5-6,21H2,1H3,(H,22,25). The van der Waals surface area contributed by atoms with Crippen molar-refractivity contribution < 1.29 is 13.9 Å². The molecule has 134 valence electrons. The number of imidazole rings is 1. The summed E-state index contributed by atoms with van der Waals surface area (Å²) in [4.78, 5) is 16.9. The molecule has 1 aliphatic carbocycles. The fourth-order valence-corrected chi connectivity index (χ4v) is 3.19. The Balaban J connectivity index is 1.85. The second-order valence-corrected chi connectivity index (χ2v) is 6.38. The molecule has 0 atom stereocenters. The van der Waals surface area contributed by atoms with Gasteiger partial charge in [-0.1, -0.05) is 6.07 Å². The summed E-state index contributed by atoms with van der Waals surface area (Å²) in [6.45, 7) is 0. The molecule has 4 rings (SSSR count). The molecule has 2 aromatic heterocycles. The molecule has 0 bridgehead atoms. The van der Waals surface area contributed by atoms with Gasteiger partial charge in [-0.3, -0.25) is 9.20 Å². The van der Waals surface area contributed by atoms with E-state index in [1.807, 2.05) is 0 Å². The Morgan fingerprint density at radius 3 is 2.85 bits per heavy atom. The molecule has 1 fully saturated rings. The smallest absolute Gasteiger partial charge is 0.273 e. The van der Waals surface area contributed by atoms with E-state index in [4.69, 9.17) is 10.5 Å². The maximum atomic E-state index is 14.5. The van der Waals surface area contributed by atoms with Crippen LogP contribution in [0.15, 0.2) is 36.5 Å². The lowest BCUT2D eigenvalue weighted by Gasteiger charge is -2.25. The van der Waals surface area contributed by atoms with E-state index in [0.29, 0.717) is 17.0 Å². The second kappa shape index (κ2) is 6.33. The molecule has 1 aliphatic rings. The first kappa shape index (κ1) is 16.4. The zero-order chi connectivity index (χ0) is 18.3. The van der Waals surface area contributed by atoms with Crippen molar-refractivity contribution in [3.63, 3.8) is 0 Å². The summed E-state index contributed by atoms with van der Waals surface area (Å²) in [6.07, 6.45) is 4.75. The predicted molar refractivity (Wildman–Crippen MR) is 96.7 cm³/mol. The summed E-state index contributed by atoms with van der Waals surface area (Å²) in [5.41, 5.74) is 7.51. The van der Waals surface area contributed by atoms with E-state index in [-0.39, 0.29) is 29.0 Å². The first-order valence-electron chi connectivity index (χ1n) is 8.50. The van der Waals surface area contributed by atoms with Gasteiger partial charge >= 0.3 is 0 Å². The second-order valence-electron chi connectivity index (χ2n) is 6.38. The minimum absolute atomic E-state index is 0.152. The number of methoxy groups -OCH3 is 1. The van der Waals surface area contributed by atoms with Crippen LogP contribution >= 0.6 is 0 Å². The molecule has 0 unspecified atom stereocenters. The van der Waals surface area contributed by atoms with Crippen LogP contribution in [0.3, 0.4) is 0 Å². The number of carbonyl (C=O) groups is 1. The number of ether oxygens (including phenoxy) is 1.